The van der Waals surface area contributed by atoms with E-state index < -0.39 is 16.8 Å². The molecular formula is C23H30O4P2. The van der Waals surface area contributed by atoms with Crippen LogP contribution in [0.4, 0.5) is 0 Å². The summed E-state index contributed by atoms with van der Waals surface area (Å²) in [6.07, 6.45) is 0. The second-order valence-electron chi connectivity index (χ2n) is 8.41. The van der Waals surface area contributed by atoms with Crippen molar-refractivity contribution in [2.24, 2.45) is 5.41 Å². The molecule has 0 atom stereocenters. The molecule has 2 aliphatic rings. The van der Waals surface area contributed by atoms with Gasteiger partial charge in [0.2, 0.25) is 16.8 Å². The molecule has 0 N–H and O–H groups in total. The highest BCUT2D eigenvalue weighted by Crippen LogP contribution is 2.52. The van der Waals surface area contributed by atoms with Crippen molar-refractivity contribution in [3.05, 3.63) is 57.6 Å². The van der Waals surface area contributed by atoms with Crippen LogP contribution in [-0.2, 0) is 18.1 Å². The minimum Gasteiger partial charge on any atom is -0.330 e. The van der Waals surface area contributed by atoms with E-state index in [0.29, 0.717) is 26.4 Å². The first-order chi connectivity index (χ1) is 13.8. The Morgan fingerprint density at radius 3 is 1.24 bits per heavy atom. The van der Waals surface area contributed by atoms with Gasteiger partial charge in [-0.05, 0) is 87.1 Å². The van der Waals surface area contributed by atoms with Crippen molar-refractivity contribution in [2.75, 3.05) is 26.4 Å². The average molecular weight is 432 g/mol. The van der Waals surface area contributed by atoms with Crippen LogP contribution in [0.5, 0.6) is 0 Å². The molecule has 29 heavy (non-hydrogen) atoms. The number of aryl methyl sites for hydroxylation is 2. The molecule has 1 spiro atoms. The molecule has 2 aliphatic heterocycles. The zero-order chi connectivity index (χ0) is 20.8. The monoisotopic (exact) mass is 432 g/mol. The molecule has 0 amide bonds. The number of hydrogen-bond donors (Lipinski definition) is 0. The fraction of sp³-hybridized carbons (Fsp3) is 0.478. The van der Waals surface area contributed by atoms with Crippen LogP contribution in [0.3, 0.4) is 0 Å². The lowest BCUT2D eigenvalue weighted by Crippen LogP contribution is -2.46. The van der Waals surface area contributed by atoms with E-state index in [9.17, 15) is 0 Å². The van der Waals surface area contributed by atoms with Crippen LogP contribution >= 0.6 is 16.8 Å². The van der Waals surface area contributed by atoms with E-state index in [1.165, 1.54) is 44.0 Å². The van der Waals surface area contributed by atoms with Gasteiger partial charge in [-0.15, -0.1) is 0 Å². The molecule has 4 rings (SSSR count). The van der Waals surface area contributed by atoms with Crippen molar-refractivity contribution in [1.29, 1.82) is 0 Å². The third-order valence-electron chi connectivity index (χ3n) is 6.40. The van der Waals surface area contributed by atoms with Gasteiger partial charge in [0.15, 0.2) is 0 Å². The van der Waals surface area contributed by atoms with E-state index in [4.69, 9.17) is 18.1 Å². The Bertz CT molecular complexity index is 833. The summed E-state index contributed by atoms with van der Waals surface area (Å²) in [7, 11) is -2.08. The number of benzene rings is 2. The maximum atomic E-state index is 6.22. The molecular weight excluding hydrogens is 402 g/mol. The Morgan fingerprint density at radius 1 is 0.552 bits per heavy atom. The first kappa shape index (κ1) is 21.4. The fourth-order valence-electron chi connectivity index (χ4n) is 3.66. The topological polar surface area (TPSA) is 36.9 Å². The van der Waals surface area contributed by atoms with Crippen molar-refractivity contribution < 1.29 is 18.1 Å². The summed E-state index contributed by atoms with van der Waals surface area (Å²) in [6, 6.07) is 8.61. The highest BCUT2D eigenvalue weighted by molar-refractivity contribution is 7.56. The van der Waals surface area contributed by atoms with Crippen LogP contribution in [-0.4, -0.2) is 26.4 Å². The van der Waals surface area contributed by atoms with E-state index in [0.717, 1.165) is 0 Å². The minimum atomic E-state index is -1.04. The molecule has 2 aromatic carbocycles. The summed E-state index contributed by atoms with van der Waals surface area (Å²) in [5.74, 6) is 0. The van der Waals surface area contributed by atoms with E-state index in [1.807, 2.05) is 0 Å². The quantitative estimate of drug-likeness (QED) is 0.612. The molecule has 0 saturated carbocycles. The highest BCUT2D eigenvalue weighted by atomic mass is 31.2. The first-order valence-corrected chi connectivity index (χ1v) is 12.4. The predicted octanol–water partition coefficient (Wildman–Crippen LogP) is 5.19. The largest absolute Gasteiger partial charge is 0.330 e. The minimum absolute atomic E-state index is 0.209. The normalized spacial score (nSPS) is 27.4. The van der Waals surface area contributed by atoms with Gasteiger partial charge in [-0.1, -0.05) is 12.1 Å². The van der Waals surface area contributed by atoms with Crippen LogP contribution in [0, 0.1) is 47.0 Å². The summed E-state index contributed by atoms with van der Waals surface area (Å²) in [5, 5.41) is 2.37. The highest BCUT2D eigenvalue weighted by Gasteiger charge is 2.44. The Morgan fingerprint density at radius 2 is 0.897 bits per heavy atom. The molecule has 2 saturated heterocycles. The van der Waals surface area contributed by atoms with Crippen molar-refractivity contribution in [3.8, 4) is 0 Å². The maximum absolute atomic E-state index is 6.22. The summed E-state index contributed by atoms with van der Waals surface area (Å²) in [5.41, 5.74) is 7.58. The third kappa shape index (κ3) is 4.04. The van der Waals surface area contributed by atoms with Gasteiger partial charge >= 0.3 is 0 Å². The Labute approximate surface area is 176 Å². The lowest BCUT2D eigenvalue weighted by atomic mass is 9.93. The van der Waals surface area contributed by atoms with Crippen molar-refractivity contribution >= 4 is 27.4 Å². The summed E-state index contributed by atoms with van der Waals surface area (Å²) >= 11 is 0. The van der Waals surface area contributed by atoms with Crippen molar-refractivity contribution in [3.63, 3.8) is 0 Å². The van der Waals surface area contributed by atoms with Crippen molar-refractivity contribution in [2.45, 2.75) is 41.5 Å². The zero-order valence-electron chi connectivity index (χ0n) is 18.2. The lowest BCUT2D eigenvalue weighted by molar-refractivity contribution is -0.0498. The lowest BCUT2D eigenvalue weighted by Gasteiger charge is -2.43. The van der Waals surface area contributed by atoms with Crippen molar-refractivity contribution in [1.82, 2.24) is 0 Å². The van der Waals surface area contributed by atoms with Gasteiger partial charge < -0.3 is 18.1 Å². The van der Waals surface area contributed by atoms with Crippen LogP contribution < -0.4 is 10.6 Å². The molecule has 4 nitrogen and oxygen atoms in total. The van der Waals surface area contributed by atoms with Crippen LogP contribution in [0.2, 0.25) is 0 Å². The fourth-order valence-corrected chi connectivity index (χ4v) is 7.21. The summed E-state index contributed by atoms with van der Waals surface area (Å²) in [6.45, 7) is 15.4. The van der Waals surface area contributed by atoms with Gasteiger partial charge in [-0.3, -0.25) is 0 Å². The Kier molecular flexibility index (Phi) is 6.15. The summed E-state index contributed by atoms with van der Waals surface area (Å²) in [4.78, 5) is 0. The van der Waals surface area contributed by atoms with Gasteiger partial charge in [-0.2, -0.15) is 0 Å². The zero-order valence-corrected chi connectivity index (χ0v) is 20.0. The summed E-state index contributed by atoms with van der Waals surface area (Å²) < 4.78 is 24.9. The molecule has 0 aliphatic carbocycles. The Balaban J connectivity index is 1.41. The van der Waals surface area contributed by atoms with Gasteiger partial charge in [0.25, 0.3) is 0 Å². The predicted molar refractivity (Wildman–Crippen MR) is 121 cm³/mol. The molecule has 2 aromatic rings. The van der Waals surface area contributed by atoms with Crippen LogP contribution in [0.25, 0.3) is 0 Å². The average Bonchev–Trinajstić information content (AvgIpc) is 2.73. The van der Waals surface area contributed by atoms with E-state index >= 15 is 0 Å². The standard InChI is InChI=1S/C23H30O4P2/c1-15-7-9-21(19(5)17(15)3)28-24-11-23(12-25-28)13-26-29(27-14-23)22-10-8-16(2)18(4)20(22)6/h7-10H,11-14H2,1-6H3. The molecule has 2 fully saturated rings. The third-order valence-corrected chi connectivity index (χ3v) is 9.61. The second kappa shape index (κ2) is 8.35. The van der Waals surface area contributed by atoms with E-state index in [1.54, 1.807) is 0 Å². The molecule has 0 bridgehead atoms. The van der Waals surface area contributed by atoms with Crippen LogP contribution in [0.1, 0.15) is 33.4 Å². The van der Waals surface area contributed by atoms with Gasteiger partial charge in [0.1, 0.15) is 0 Å². The molecule has 156 valence electrons. The van der Waals surface area contributed by atoms with Crippen LogP contribution in [0.15, 0.2) is 24.3 Å². The van der Waals surface area contributed by atoms with Gasteiger partial charge in [0.05, 0.1) is 31.8 Å². The maximum Gasteiger partial charge on any atom is 0.205 e. The molecule has 0 aromatic heterocycles. The van der Waals surface area contributed by atoms with Gasteiger partial charge in [0, 0.05) is 10.6 Å². The van der Waals surface area contributed by atoms with E-state index in [2.05, 4.69) is 65.8 Å². The molecule has 6 heteroatoms. The van der Waals surface area contributed by atoms with E-state index in [-0.39, 0.29) is 5.41 Å². The Hall–Kier alpha value is -0.860. The molecule has 2 heterocycles. The SMILES string of the molecule is Cc1ccc(P2OCC3(CO2)COP(c2ccc(C)c(C)c2C)OC3)c(C)c1C. The number of rotatable bonds is 2. The molecule has 0 radical (unpaired) electrons. The van der Waals surface area contributed by atoms with Gasteiger partial charge in [-0.25, -0.2) is 0 Å². The smallest absolute Gasteiger partial charge is 0.205 e. The first-order valence-electron chi connectivity index (χ1n) is 10.1. The molecule has 0 unspecified atom stereocenters. The second-order valence-corrected chi connectivity index (χ2v) is 11.4. The number of hydrogen-bond acceptors (Lipinski definition) is 4.